The second kappa shape index (κ2) is 5.36. The van der Waals surface area contributed by atoms with Crippen LogP contribution in [-0.4, -0.2) is 0 Å². The molecule has 3 aliphatic carbocycles. The first kappa shape index (κ1) is 12.7. The van der Waals surface area contributed by atoms with Crippen molar-refractivity contribution in [3.8, 4) is 11.1 Å². The largest absolute Gasteiger partial charge is 0.0587 e. The zero-order valence-electron chi connectivity index (χ0n) is 12.2. The lowest BCUT2D eigenvalue weighted by atomic mass is 9.95. The standard InChI is InChI=1S/C19H24/c1-14(2)15-9-10-17-13-16-7-5-3-4-6-8-18(16)19(17)12-11-15/h9-14H,3-8H2,1-2H3. The molecule has 0 aliphatic heterocycles. The normalized spacial score (nSPS) is 16.2. The fourth-order valence-electron chi connectivity index (χ4n) is 3.33. The minimum Gasteiger partial charge on any atom is -0.0587 e. The highest BCUT2D eigenvalue weighted by Gasteiger charge is 2.16. The molecule has 0 heteroatoms. The summed E-state index contributed by atoms with van der Waals surface area (Å²) in [6.07, 6.45) is 8.10. The maximum atomic E-state index is 2.44. The monoisotopic (exact) mass is 252 g/mol. The second-order valence-electron chi connectivity index (χ2n) is 6.25. The summed E-state index contributed by atoms with van der Waals surface area (Å²) in [7, 11) is 0. The molecule has 3 aliphatic rings. The topological polar surface area (TPSA) is 0 Å². The third-order valence-electron chi connectivity index (χ3n) is 4.54. The molecular weight excluding hydrogens is 228 g/mol. The Hall–Kier alpha value is -1.30. The van der Waals surface area contributed by atoms with Gasteiger partial charge in [-0.15, -0.1) is 0 Å². The van der Waals surface area contributed by atoms with E-state index in [9.17, 15) is 0 Å². The number of hydrogen-bond donors (Lipinski definition) is 0. The molecule has 0 nitrogen and oxygen atoms in total. The van der Waals surface area contributed by atoms with Crippen molar-refractivity contribution in [1.82, 2.24) is 0 Å². The van der Waals surface area contributed by atoms with E-state index in [4.69, 9.17) is 0 Å². The zero-order valence-corrected chi connectivity index (χ0v) is 12.2. The predicted molar refractivity (Wildman–Crippen MR) is 83.0 cm³/mol. The van der Waals surface area contributed by atoms with E-state index in [1.165, 1.54) is 55.2 Å². The molecule has 100 valence electrons. The van der Waals surface area contributed by atoms with Gasteiger partial charge in [0.25, 0.3) is 0 Å². The van der Waals surface area contributed by atoms with E-state index in [1.807, 2.05) is 0 Å². The molecule has 0 amide bonds. The van der Waals surface area contributed by atoms with Crippen molar-refractivity contribution in [1.29, 1.82) is 0 Å². The summed E-state index contributed by atoms with van der Waals surface area (Å²) in [6, 6.07) is 11.8. The number of rotatable bonds is 1. The lowest BCUT2D eigenvalue weighted by molar-refractivity contribution is 0.619. The molecule has 0 radical (unpaired) electrons. The Bertz CT molecular complexity index is 536. The van der Waals surface area contributed by atoms with Crippen LogP contribution in [0, 0.1) is 0 Å². The first-order chi connectivity index (χ1) is 9.25. The van der Waals surface area contributed by atoms with E-state index in [1.54, 1.807) is 11.1 Å². The SMILES string of the molecule is CC(C)c1ccc2cc3c(c-2cc1)CCCCCC3. The molecular formula is C19H24. The molecule has 3 rings (SSSR count). The van der Waals surface area contributed by atoms with E-state index in [0.717, 1.165) is 0 Å². The fourth-order valence-corrected chi connectivity index (χ4v) is 3.33. The van der Waals surface area contributed by atoms with Crippen LogP contribution < -0.4 is 0 Å². The van der Waals surface area contributed by atoms with Gasteiger partial charge in [-0.2, -0.15) is 0 Å². The van der Waals surface area contributed by atoms with Crippen LogP contribution >= 0.6 is 0 Å². The van der Waals surface area contributed by atoms with Crippen molar-refractivity contribution in [2.75, 3.05) is 0 Å². The molecule has 0 spiro atoms. The van der Waals surface area contributed by atoms with Crippen LogP contribution in [-0.2, 0) is 12.8 Å². The highest BCUT2D eigenvalue weighted by atomic mass is 14.2. The average Bonchev–Trinajstić information content (AvgIpc) is 2.55. The van der Waals surface area contributed by atoms with Crippen molar-refractivity contribution in [2.45, 2.75) is 58.3 Å². The van der Waals surface area contributed by atoms with E-state index < -0.39 is 0 Å². The van der Waals surface area contributed by atoms with Gasteiger partial charge in [0.05, 0.1) is 0 Å². The van der Waals surface area contributed by atoms with Crippen LogP contribution in [0.1, 0.15) is 62.1 Å². The van der Waals surface area contributed by atoms with Gasteiger partial charge < -0.3 is 0 Å². The highest BCUT2D eigenvalue weighted by molar-refractivity contribution is 5.73. The molecule has 0 aromatic rings. The summed E-state index contributed by atoms with van der Waals surface area (Å²) >= 11 is 0. The molecule has 0 saturated carbocycles. The van der Waals surface area contributed by atoms with E-state index in [-0.39, 0.29) is 0 Å². The Kier molecular flexibility index (Phi) is 3.59. The van der Waals surface area contributed by atoms with Gasteiger partial charge in [0.1, 0.15) is 0 Å². The maximum absolute atomic E-state index is 2.44. The Labute approximate surface area is 117 Å². The minimum absolute atomic E-state index is 0.610. The van der Waals surface area contributed by atoms with Crippen molar-refractivity contribution < 1.29 is 0 Å². The van der Waals surface area contributed by atoms with Crippen LogP contribution in [0.4, 0.5) is 0 Å². The first-order valence-corrected chi connectivity index (χ1v) is 7.80. The molecule has 19 heavy (non-hydrogen) atoms. The lowest BCUT2D eigenvalue weighted by Crippen LogP contribution is -1.96. The van der Waals surface area contributed by atoms with Gasteiger partial charge in [-0.05, 0) is 59.4 Å². The molecule has 0 fully saturated rings. The molecule has 0 atom stereocenters. The third-order valence-corrected chi connectivity index (χ3v) is 4.54. The van der Waals surface area contributed by atoms with Gasteiger partial charge in [-0.25, -0.2) is 0 Å². The summed E-state index contributed by atoms with van der Waals surface area (Å²) in [5.74, 6) is 0.610. The Balaban J connectivity index is 2.08. The minimum atomic E-state index is 0.610. The van der Waals surface area contributed by atoms with Crippen molar-refractivity contribution >= 4 is 0 Å². The summed E-state index contributed by atoms with van der Waals surface area (Å²) < 4.78 is 0. The van der Waals surface area contributed by atoms with Gasteiger partial charge in [0.2, 0.25) is 0 Å². The summed E-state index contributed by atoms with van der Waals surface area (Å²) in [5, 5.41) is 0. The Morgan fingerprint density at radius 1 is 0.842 bits per heavy atom. The van der Waals surface area contributed by atoms with Crippen LogP contribution in [0.2, 0.25) is 0 Å². The predicted octanol–water partition coefficient (Wildman–Crippen LogP) is 5.57. The first-order valence-electron chi connectivity index (χ1n) is 7.80. The fraction of sp³-hybridized carbons (Fsp3) is 0.474. The van der Waals surface area contributed by atoms with E-state index in [0.29, 0.717) is 5.92 Å². The summed E-state index contributed by atoms with van der Waals surface area (Å²) in [4.78, 5) is 0. The second-order valence-corrected chi connectivity index (χ2v) is 6.25. The van der Waals surface area contributed by atoms with Crippen molar-refractivity contribution in [3.63, 3.8) is 0 Å². The van der Waals surface area contributed by atoms with E-state index in [2.05, 4.69) is 44.2 Å². The smallest absolute Gasteiger partial charge is 0.0149 e. The number of aryl methyl sites for hydroxylation is 1. The summed E-state index contributed by atoms with van der Waals surface area (Å²) in [5.41, 5.74) is 7.64. The van der Waals surface area contributed by atoms with Gasteiger partial charge in [-0.3, -0.25) is 0 Å². The quantitative estimate of drug-likeness (QED) is 0.622. The Morgan fingerprint density at radius 3 is 2.37 bits per heavy atom. The third kappa shape index (κ3) is 2.54. The molecule has 0 saturated heterocycles. The lowest BCUT2D eigenvalue weighted by Gasteiger charge is -2.10. The highest BCUT2D eigenvalue weighted by Crippen LogP contribution is 2.35. The maximum Gasteiger partial charge on any atom is -0.0149 e. The van der Waals surface area contributed by atoms with Crippen LogP contribution in [0.3, 0.4) is 0 Å². The van der Waals surface area contributed by atoms with E-state index >= 15 is 0 Å². The Morgan fingerprint density at radius 2 is 1.58 bits per heavy atom. The molecule has 0 bridgehead atoms. The molecule has 0 heterocycles. The number of hydrogen-bond acceptors (Lipinski definition) is 0. The van der Waals surface area contributed by atoms with Gasteiger partial charge >= 0.3 is 0 Å². The molecule has 0 aromatic carbocycles. The van der Waals surface area contributed by atoms with Crippen molar-refractivity contribution in [2.24, 2.45) is 0 Å². The van der Waals surface area contributed by atoms with Gasteiger partial charge in [0, 0.05) is 0 Å². The van der Waals surface area contributed by atoms with Crippen LogP contribution in [0.15, 0.2) is 30.3 Å². The summed E-state index contributed by atoms with van der Waals surface area (Å²) in [6.45, 7) is 4.54. The zero-order chi connectivity index (χ0) is 13.2. The van der Waals surface area contributed by atoms with Gasteiger partial charge in [0.15, 0.2) is 0 Å². The molecule has 0 aromatic heterocycles. The molecule has 0 N–H and O–H groups in total. The number of fused-ring (bicyclic) bond motifs is 3. The van der Waals surface area contributed by atoms with Gasteiger partial charge in [-0.1, -0.05) is 57.0 Å². The van der Waals surface area contributed by atoms with Crippen LogP contribution in [0.5, 0.6) is 0 Å². The van der Waals surface area contributed by atoms with Crippen LogP contribution in [0.25, 0.3) is 11.1 Å². The molecule has 0 unspecified atom stereocenters. The average molecular weight is 252 g/mol. The van der Waals surface area contributed by atoms with Crippen molar-refractivity contribution in [3.05, 3.63) is 47.0 Å².